The Morgan fingerprint density at radius 3 is 2.73 bits per heavy atom. The molecule has 1 N–H and O–H groups in total. The van der Waals surface area contributed by atoms with Gasteiger partial charge in [-0.25, -0.2) is 9.97 Å². The molecule has 7 heteroatoms. The minimum atomic E-state index is 0.454. The van der Waals surface area contributed by atoms with E-state index in [2.05, 4.69) is 20.3 Å². The van der Waals surface area contributed by atoms with Crippen molar-refractivity contribution < 1.29 is 13.9 Å². The number of anilines is 1. The number of pyridine rings is 2. The highest BCUT2D eigenvalue weighted by Gasteiger charge is 2.07. The zero-order valence-corrected chi connectivity index (χ0v) is 11.7. The summed E-state index contributed by atoms with van der Waals surface area (Å²) in [5.41, 5.74) is 0.630. The van der Waals surface area contributed by atoms with Gasteiger partial charge in [0.1, 0.15) is 23.0 Å². The molecule has 3 aromatic rings. The Morgan fingerprint density at radius 1 is 1.14 bits per heavy atom. The van der Waals surface area contributed by atoms with Gasteiger partial charge >= 0.3 is 0 Å². The van der Waals surface area contributed by atoms with Gasteiger partial charge in [-0.2, -0.15) is 0 Å². The fourth-order valence-electron chi connectivity index (χ4n) is 1.81. The van der Waals surface area contributed by atoms with Gasteiger partial charge in [0.25, 0.3) is 0 Å². The minimum absolute atomic E-state index is 0.454. The van der Waals surface area contributed by atoms with Crippen LogP contribution in [0.15, 0.2) is 47.3 Å². The zero-order chi connectivity index (χ0) is 15.4. The molecule has 3 rings (SSSR count). The average Bonchev–Trinajstić information content (AvgIpc) is 2.97. The van der Waals surface area contributed by atoms with Gasteiger partial charge in [-0.15, -0.1) is 0 Å². The van der Waals surface area contributed by atoms with E-state index in [9.17, 15) is 4.79 Å². The highest BCUT2D eigenvalue weighted by atomic mass is 16.5. The fourth-order valence-corrected chi connectivity index (χ4v) is 1.81. The summed E-state index contributed by atoms with van der Waals surface area (Å²) in [7, 11) is 0. The molecule has 0 spiro atoms. The summed E-state index contributed by atoms with van der Waals surface area (Å²) in [6, 6.07) is 6.82. The molecule has 0 aliphatic heterocycles. The van der Waals surface area contributed by atoms with Crippen molar-refractivity contribution >= 4 is 12.2 Å². The molecule has 3 aromatic heterocycles. The van der Waals surface area contributed by atoms with Crippen molar-refractivity contribution in [3.8, 4) is 23.0 Å². The summed E-state index contributed by atoms with van der Waals surface area (Å²) in [5, 5.41) is 2.45. The Morgan fingerprint density at radius 2 is 2.05 bits per heavy atom. The Bertz CT molecular complexity index is 783. The Kier molecular flexibility index (Phi) is 3.78. The zero-order valence-electron chi connectivity index (χ0n) is 11.7. The molecule has 0 aromatic carbocycles. The molecule has 0 saturated carbocycles. The second kappa shape index (κ2) is 6.04. The van der Waals surface area contributed by atoms with Crippen LogP contribution in [-0.2, 0) is 4.79 Å². The fraction of sp³-hybridized carbons (Fsp3) is 0.0667. The number of rotatable bonds is 5. The summed E-state index contributed by atoms with van der Waals surface area (Å²) in [5.74, 6) is 2.74. The lowest BCUT2D eigenvalue weighted by atomic mass is 10.3. The number of amides is 1. The van der Waals surface area contributed by atoms with Crippen LogP contribution in [0.25, 0.3) is 11.5 Å². The number of ether oxygens (including phenoxy) is 1. The molecule has 3 heterocycles. The van der Waals surface area contributed by atoms with Crippen LogP contribution in [-0.4, -0.2) is 21.4 Å². The number of aromatic nitrogens is 3. The molecule has 22 heavy (non-hydrogen) atoms. The van der Waals surface area contributed by atoms with Gasteiger partial charge in [-0.05, 0) is 18.2 Å². The van der Waals surface area contributed by atoms with Crippen LogP contribution in [0.4, 0.5) is 5.82 Å². The summed E-state index contributed by atoms with van der Waals surface area (Å²) >= 11 is 0. The van der Waals surface area contributed by atoms with Crippen molar-refractivity contribution in [3.05, 3.63) is 48.7 Å². The molecule has 0 saturated heterocycles. The normalized spacial score (nSPS) is 10.2. The highest BCUT2D eigenvalue weighted by Crippen LogP contribution is 2.26. The van der Waals surface area contributed by atoms with Crippen LogP contribution in [0.1, 0.15) is 5.89 Å². The van der Waals surface area contributed by atoms with Crippen LogP contribution in [0.2, 0.25) is 0 Å². The highest BCUT2D eigenvalue weighted by molar-refractivity contribution is 5.68. The lowest BCUT2D eigenvalue weighted by Gasteiger charge is -2.06. The molecular weight excluding hydrogens is 284 g/mol. The van der Waals surface area contributed by atoms with Crippen molar-refractivity contribution in [2.24, 2.45) is 0 Å². The number of carbonyl (C=O) groups is 1. The maximum Gasteiger partial charge on any atom is 0.212 e. The number of aryl methyl sites for hydroxylation is 1. The van der Waals surface area contributed by atoms with Crippen LogP contribution in [0.5, 0.6) is 11.5 Å². The summed E-state index contributed by atoms with van der Waals surface area (Å²) in [4.78, 5) is 22.6. The second-order valence-electron chi connectivity index (χ2n) is 4.36. The largest absolute Gasteiger partial charge is 0.456 e. The van der Waals surface area contributed by atoms with E-state index in [4.69, 9.17) is 9.15 Å². The van der Waals surface area contributed by atoms with Gasteiger partial charge in [0, 0.05) is 19.2 Å². The van der Waals surface area contributed by atoms with Crippen molar-refractivity contribution in [1.82, 2.24) is 15.0 Å². The first-order valence-corrected chi connectivity index (χ1v) is 6.47. The quantitative estimate of drug-likeness (QED) is 0.728. The van der Waals surface area contributed by atoms with Gasteiger partial charge in [0.15, 0.2) is 11.7 Å². The lowest BCUT2D eigenvalue weighted by Crippen LogP contribution is -1.96. The Balaban J connectivity index is 1.79. The number of hydrogen-bond acceptors (Lipinski definition) is 6. The van der Waals surface area contributed by atoms with Crippen LogP contribution < -0.4 is 10.1 Å². The molecule has 0 fully saturated rings. The topological polar surface area (TPSA) is 90.1 Å². The molecule has 0 bridgehead atoms. The first-order chi connectivity index (χ1) is 10.7. The van der Waals surface area contributed by atoms with Crippen molar-refractivity contribution in [2.75, 3.05) is 5.32 Å². The first kappa shape index (κ1) is 13.7. The smallest absolute Gasteiger partial charge is 0.212 e. The third kappa shape index (κ3) is 3.09. The van der Waals surface area contributed by atoms with Crippen LogP contribution >= 0.6 is 0 Å². The van der Waals surface area contributed by atoms with E-state index in [-0.39, 0.29) is 0 Å². The first-order valence-electron chi connectivity index (χ1n) is 6.47. The monoisotopic (exact) mass is 296 g/mol. The second-order valence-corrected chi connectivity index (χ2v) is 4.36. The molecular formula is C15H12N4O3. The van der Waals surface area contributed by atoms with Crippen molar-refractivity contribution in [1.29, 1.82) is 0 Å². The molecule has 1 amide bonds. The van der Waals surface area contributed by atoms with E-state index in [1.165, 1.54) is 6.20 Å². The minimum Gasteiger partial charge on any atom is -0.456 e. The van der Waals surface area contributed by atoms with Crippen molar-refractivity contribution in [3.63, 3.8) is 0 Å². The Labute approximate surface area is 126 Å². The number of nitrogens with one attached hydrogen (secondary N) is 1. The van der Waals surface area contributed by atoms with E-state index in [1.54, 1.807) is 43.6 Å². The van der Waals surface area contributed by atoms with Gasteiger partial charge in [0.05, 0.1) is 12.4 Å². The standard InChI is InChI=1S/C15H12N4O3/c1-10-17-8-14(21-10)13-6-11(4-5-16-13)22-12-2-3-15(18-7-12)19-9-20/h2-9H,1H3,(H,18,19,20). The number of oxazole rings is 1. The van der Waals surface area contributed by atoms with E-state index in [0.29, 0.717) is 41.1 Å². The van der Waals surface area contributed by atoms with E-state index in [1.807, 2.05) is 0 Å². The summed E-state index contributed by atoms with van der Waals surface area (Å²) in [6.07, 6.45) is 5.32. The maximum absolute atomic E-state index is 10.3. The van der Waals surface area contributed by atoms with Gasteiger partial charge in [-0.1, -0.05) is 0 Å². The SMILES string of the molecule is Cc1ncc(-c2cc(Oc3ccc(NC=O)nc3)ccn2)o1. The summed E-state index contributed by atoms with van der Waals surface area (Å²) < 4.78 is 11.1. The third-order valence-electron chi connectivity index (χ3n) is 2.78. The van der Waals surface area contributed by atoms with Crippen molar-refractivity contribution in [2.45, 2.75) is 6.92 Å². The molecule has 0 radical (unpaired) electrons. The predicted molar refractivity (Wildman–Crippen MR) is 78.5 cm³/mol. The third-order valence-corrected chi connectivity index (χ3v) is 2.78. The molecule has 110 valence electrons. The van der Waals surface area contributed by atoms with Gasteiger partial charge in [0.2, 0.25) is 6.41 Å². The molecule has 0 aliphatic carbocycles. The van der Waals surface area contributed by atoms with E-state index in [0.717, 1.165) is 0 Å². The number of carbonyl (C=O) groups excluding carboxylic acids is 1. The number of hydrogen-bond donors (Lipinski definition) is 1. The molecule has 7 nitrogen and oxygen atoms in total. The molecule has 0 atom stereocenters. The molecule has 0 aliphatic rings. The van der Waals surface area contributed by atoms with Gasteiger partial charge in [-0.3, -0.25) is 9.78 Å². The van der Waals surface area contributed by atoms with Crippen LogP contribution in [0.3, 0.4) is 0 Å². The lowest BCUT2D eigenvalue weighted by molar-refractivity contribution is -0.105. The van der Waals surface area contributed by atoms with E-state index < -0.39 is 0 Å². The number of nitrogens with zero attached hydrogens (tertiary/aromatic N) is 3. The van der Waals surface area contributed by atoms with Gasteiger partial charge < -0.3 is 14.5 Å². The van der Waals surface area contributed by atoms with E-state index >= 15 is 0 Å². The summed E-state index contributed by atoms with van der Waals surface area (Å²) in [6.45, 7) is 1.77. The molecule has 0 unspecified atom stereocenters. The maximum atomic E-state index is 10.3. The van der Waals surface area contributed by atoms with Crippen LogP contribution in [0, 0.1) is 6.92 Å². The Hall–Kier alpha value is -3.22. The average molecular weight is 296 g/mol. The predicted octanol–water partition coefficient (Wildman–Crippen LogP) is 2.80.